The van der Waals surface area contributed by atoms with Crippen LogP contribution in [0.2, 0.25) is 5.02 Å². The maximum absolute atomic E-state index is 13.4. The van der Waals surface area contributed by atoms with E-state index >= 15 is 0 Å². The molecular weight excluding hydrogens is 539 g/mol. The summed E-state index contributed by atoms with van der Waals surface area (Å²) in [5.41, 5.74) is -0.0843. The van der Waals surface area contributed by atoms with Crippen molar-refractivity contribution >= 4 is 17.5 Å². The standard InChI is InChI=1S/C27H29ClF3N3O5/c28-15-1-2-19-17(11-15)18(35)12-20(37-19)21(36)32-25-5-7-26(8-6-25,24(13-25)3-4-24)23-34-33-22(38-23)14-9-16(10-14)39-27(29,30)31/h1-2,11,14,16,18,20,35H,3-10,12-13H2,(H,32,36)/t14?,16?,18-,20-,25?,26?/m0/s1. The van der Waals surface area contributed by atoms with E-state index in [9.17, 15) is 23.1 Å². The third-order valence-corrected chi connectivity index (χ3v) is 10.2. The van der Waals surface area contributed by atoms with Crippen molar-refractivity contribution in [2.24, 2.45) is 5.41 Å². The predicted molar refractivity (Wildman–Crippen MR) is 130 cm³/mol. The molecule has 2 bridgehead atoms. The fraction of sp³-hybridized carbons (Fsp3) is 0.667. The summed E-state index contributed by atoms with van der Waals surface area (Å²) < 4.78 is 53.7. The highest BCUT2D eigenvalue weighted by Crippen LogP contribution is 2.73. The zero-order chi connectivity index (χ0) is 27.2. The lowest BCUT2D eigenvalue weighted by atomic mass is 9.50. The number of halogens is 4. The van der Waals surface area contributed by atoms with Crippen molar-refractivity contribution in [2.75, 3.05) is 0 Å². The van der Waals surface area contributed by atoms with Gasteiger partial charge in [0.05, 0.1) is 17.6 Å². The summed E-state index contributed by atoms with van der Waals surface area (Å²) in [6, 6.07) is 5.02. The summed E-state index contributed by atoms with van der Waals surface area (Å²) in [7, 11) is 0. The van der Waals surface area contributed by atoms with Gasteiger partial charge in [-0.3, -0.25) is 9.53 Å². The van der Waals surface area contributed by atoms with Crippen molar-refractivity contribution in [2.45, 2.75) is 106 Å². The minimum atomic E-state index is -4.64. The first kappa shape index (κ1) is 25.6. The molecule has 210 valence electrons. The normalized spacial score (nSPS) is 36.1. The molecule has 0 saturated heterocycles. The van der Waals surface area contributed by atoms with Gasteiger partial charge in [-0.1, -0.05) is 11.6 Å². The molecule has 0 unspecified atom stereocenters. The van der Waals surface area contributed by atoms with Gasteiger partial charge in [0, 0.05) is 28.5 Å². The largest absolute Gasteiger partial charge is 0.522 e. The molecule has 8 nitrogen and oxygen atoms in total. The van der Waals surface area contributed by atoms with Crippen LogP contribution in [0.3, 0.4) is 0 Å². The van der Waals surface area contributed by atoms with Crippen LogP contribution in [0.25, 0.3) is 0 Å². The van der Waals surface area contributed by atoms with Crippen LogP contribution in [0, 0.1) is 5.41 Å². The number of alkyl halides is 3. The second-order valence-electron chi connectivity index (χ2n) is 12.1. The molecule has 0 radical (unpaired) electrons. The summed E-state index contributed by atoms with van der Waals surface area (Å²) in [4.78, 5) is 13.4. The number of fused-ring (bicyclic) bond motifs is 3. The molecule has 39 heavy (non-hydrogen) atoms. The molecule has 1 aliphatic heterocycles. The number of rotatable bonds is 5. The number of hydrogen-bond acceptors (Lipinski definition) is 7. The zero-order valence-electron chi connectivity index (χ0n) is 21.1. The van der Waals surface area contributed by atoms with Gasteiger partial charge in [0.1, 0.15) is 5.75 Å². The number of amides is 1. The first-order chi connectivity index (χ1) is 18.5. The molecule has 6 aliphatic rings. The van der Waals surface area contributed by atoms with Crippen molar-refractivity contribution in [1.29, 1.82) is 0 Å². The molecule has 12 heteroatoms. The van der Waals surface area contributed by atoms with E-state index < -0.39 is 24.7 Å². The lowest BCUT2D eigenvalue weighted by molar-refractivity contribution is -0.352. The molecule has 5 aliphatic carbocycles. The van der Waals surface area contributed by atoms with Gasteiger partial charge in [-0.25, -0.2) is 0 Å². The number of hydrogen-bond donors (Lipinski definition) is 2. The van der Waals surface area contributed by atoms with E-state index in [1.165, 1.54) is 0 Å². The molecule has 5 saturated carbocycles. The molecule has 2 heterocycles. The number of aliphatic hydroxyl groups is 1. The molecule has 2 aromatic rings. The number of aliphatic hydroxyl groups excluding tert-OH is 1. The fourth-order valence-electron chi connectivity index (χ4n) is 7.66. The van der Waals surface area contributed by atoms with Crippen LogP contribution in [0.5, 0.6) is 5.75 Å². The number of carbonyl (C=O) groups is 1. The lowest BCUT2D eigenvalue weighted by Crippen LogP contribution is -2.64. The number of carbonyl (C=O) groups excluding carboxylic acids is 1. The van der Waals surface area contributed by atoms with Crippen LogP contribution in [0.1, 0.15) is 93.6 Å². The minimum Gasteiger partial charge on any atom is -0.480 e. The lowest BCUT2D eigenvalue weighted by Gasteiger charge is -2.57. The Labute approximate surface area is 227 Å². The Morgan fingerprint density at radius 2 is 1.85 bits per heavy atom. The molecule has 2 atom stereocenters. The Bertz CT molecular complexity index is 1300. The third-order valence-electron chi connectivity index (χ3n) is 9.92. The van der Waals surface area contributed by atoms with Crippen molar-refractivity contribution in [3.05, 3.63) is 40.6 Å². The van der Waals surface area contributed by atoms with Gasteiger partial charge >= 0.3 is 6.36 Å². The Morgan fingerprint density at radius 3 is 2.54 bits per heavy atom. The monoisotopic (exact) mass is 567 g/mol. The summed E-state index contributed by atoms with van der Waals surface area (Å²) in [5.74, 6) is 1.00. The number of nitrogens with one attached hydrogen (secondary N) is 1. The third kappa shape index (κ3) is 4.23. The average molecular weight is 568 g/mol. The minimum absolute atomic E-state index is 0.0432. The number of aromatic nitrogens is 2. The smallest absolute Gasteiger partial charge is 0.480 e. The highest BCUT2D eigenvalue weighted by Gasteiger charge is 2.70. The first-order valence-corrected chi connectivity index (χ1v) is 13.9. The highest BCUT2D eigenvalue weighted by atomic mass is 35.5. The Balaban J connectivity index is 1.03. The molecule has 5 fully saturated rings. The van der Waals surface area contributed by atoms with E-state index in [1.807, 2.05) is 0 Å². The summed E-state index contributed by atoms with van der Waals surface area (Å²) >= 11 is 6.05. The van der Waals surface area contributed by atoms with Gasteiger partial charge in [0.15, 0.2) is 6.10 Å². The van der Waals surface area contributed by atoms with E-state index in [4.69, 9.17) is 20.8 Å². The van der Waals surface area contributed by atoms with Crippen LogP contribution in [-0.2, 0) is 14.9 Å². The zero-order valence-corrected chi connectivity index (χ0v) is 21.9. The van der Waals surface area contributed by atoms with Crippen LogP contribution in [0.4, 0.5) is 13.2 Å². The highest BCUT2D eigenvalue weighted by molar-refractivity contribution is 6.30. The van der Waals surface area contributed by atoms with E-state index in [-0.39, 0.29) is 47.5 Å². The Kier molecular flexibility index (Phi) is 5.62. The van der Waals surface area contributed by atoms with Crippen molar-refractivity contribution in [3.8, 4) is 5.75 Å². The van der Waals surface area contributed by atoms with Crippen LogP contribution in [-0.4, -0.2) is 45.3 Å². The number of benzene rings is 1. The molecule has 2 N–H and O–H groups in total. The van der Waals surface area contributed by atoms with Gasteiger partial charge in [0.25, 0.3) is 5.91 Å². The molecular formula is C27H29ClF3N3O5. The van der Waals surface area contributed by atoms with Crippen LogP contribution < -0.4 is 10.1 Å². The molecule has 1 aromatic heterocycles. The molecule has 1 aromatic carbocycles. The summed E-state index contributed by atoms with van der Waals surface area (Å²) in [5, 5.41) is 23.1. The first-order valence-electron chi connectivity index (χ1n) is 13.5. The van der Waals surface area contributed by atoms with Gasteiger partial charge in [-0.15, -0.1) is 23.4 Å². The quantitative estimate of drug-likeness (QED) is 0.509. The second-order valence-corrected chi connectivity index (χ2v) is 12.6. The van der Waals surface area contributed by atoms with E-state index in [2.05, 4.69) is 20.3 Å². The average Bonchev–Trinajstić information content (AvgIpc) is 3.43. The topological polar surface area (TPSA) is 107 Å². The SMILES string of the molecule is O=C(NC12CCC(c3nnc(C4CC(OC(F)(F)F)C4)o3)(CC1)C1(CC1)C2)[C@@H]1C[C@H](O)c2cc(Cl)ccc2O1. The van der Waals surface area contributed by atoms with Gasteiger partial charge in [-0.05, 0) is 81.4 Å². The van der Waals surface area contributed by atoms with E-state index in [0.717, 1.165) is 44.9 Å². The van der Waals surface area contributed by atoms with E-state index in [0.29, 0.717) is 28.1 Å². The second kappa shape index (κ2) is 8.57. The maximum atomic E-state index is 13.4. The van der Waals surface area contributed by atoms with Gasteiger partial charge < -0.3 is 19.6 Å². The van der Waals surface area contributed by atoms with Crippen LogP contribution >= 0.6 is 11.6 Å². The Morgan fingerprint density at radius 1 is 1.10 bits per heavy atom. The molecule has 1 spiro atoms. The molecule has 1 amide bonds. The fourth-order valence-corrected chi connectivity index (χ4v) is 7.84. The Hall–Kier alpha value is -2.37. The van der Waals surface area contributed by atoms with Crippen LogP contribution in [0.15, 0.2) is 22.6 Å². The van der Waals surface area contributed by atoms with Gasteiger partial charge in [0.2, 0.25) is 11.8 Å². The maximum Gasteiger partial charge on any atom is 0.522 e. The summed E-state index contributed by atoms with van der Waals surface area (Å²) in [6.45, 7) is 0. The predicted octanol–water partition coefficient (Wildman–Crippen LogP) is 5.24. The van der Waals surface area contributed by atoms with Crippen molar-refractivity contribution in [1.82, 2.24) is 15.5 Å². The van der Waals surface area contributed by atoms with E-state index in [1.54, 1.807) is 18.2 Å². The van der Waals surface area contributed by atoms with Gasteiger partial charge in [-0.2, -0.15) is 0 Å². The summed E-state index contributed by atoms with van der Waals surface area (Å²) in [6.07, 6.45) is -0.669. The number of nitrogens with zero attached hydrogens (tertiary/aromatic N) is 2. The van der Waals surface area contributed by atoms with Crippen molar-refractivity contribution < 1.29 is 37.0 Å². The number of ether oxygens (including phenoxy) is 2. The van der Waals surface area contributed by atoms with Crippen molar-refractivity contribution in [3.63, 3.8) is 0 Å². The molecule has 8 rings (SSSR count).